The second-order valence-corrected chi connectivity index (χ2v) is 8.88. The molecular formula is C27H28N4O2. The Balaban J connectivity index is 1.60. The van der Waals surface area contributed by atoms with Gasteiger partial charge in [0, 0.05) is 40.9 Å². The van der Waals surface area contributed by atoms with Crippen LogP contribution in [0.5, 0.6) is 0 Å². The first-order valence-corrected chi connectivity index (χ1v) is 11.4. The van der Waals surface area contributed by atoms with Gasteiger partial charge >= 0.3 is 0 Å². The van der Waals surface area contributed by atoms with Crippen LogP contribution in [0, 0.1) is 0 Å². The first kappa shape index (κ1) is 21.2. The summed E-state index contributed by atoms with van der Waals surface area (Å²) in [7, 11) is 2.14. The van der Waals surface area contributed by atoms with Gasteiger partial charge in [0.2, 0.25) is 0 Å². The Bertz CT molecular complexity index is 1220. The number of Topliss-reactive ketones (excluding diaryl/α,β-unsaturated/α-hetero) is 1. The van der Waals surface area contributed by atoms with E-state index in [1.807, 2.05) is 36.7 Å². The number of fused-ring (bicyclic) bond motifs is 1. The van der Waals surface area contributed by atoms with Gasteiger partial charge in [-0.25, -0.2) is 0 Å². The molecule has 2 aliphatic heterocycles. The zero-order valence-corrected chi connectivity index (χ0v) is 19.0. The van der Waals surface area contributed by atoms with Crippen molar-refractivity contribution in [3.05, 3.63) is 83.7 Å². The number of nitrogens with one attached hydrogen (secondary N) is 2. The van der Waals surface area contributed by atoms with Crippen LogP contribution in [0.15, 0.2) is 67.0 Å². The molecule has 0 atom stereocenters. The Hall–Kier alpha value is -3.64. The number of piperidine rings is 1. The van der Waals surface area contributed by atoms with Crippen molar-refractivity contribution in [2.45, 2.75) is 25.8 Å². The van der Waals surface area contributed by atoms with E-state index in [2.05, 4.69) is 51.4 Å². The van der Waals surface area contributed by atoms with E-state index in [0.717, 1.165) is 54.1 Å². The Morgan fingerprint density at radius 1 is 1.00 bits per heavy atom. The van der Waals surface area contributed by atoms with Crippen molar-refractivity contribution in [3.8, 4) is 5.69 Å². The summed E-state index contributed by atoms with van der Waals surface area (Å²) in [4.78, 5) is 27.5. The third-order valence-corrected chi connectivity index (χ3v) is 6.55. The first-order chi connectivity index (χ1) is 16.0. The monoisotopic (exact) mass is 440 g/mol. The summed E-state index contributed by atoms with van der Waals surface area (Å²) >= 11 is 0. The number of anilines is 1. The van der Waals surface area contributed by atoms with Crippen molar-refractivity contribution in [1.82, 2.24) is 14.8 Å². The minimum absolute atomic E-state index is 0.0163. The lowest BCUT2D eigenvalue weighted by Crippen LogP contribution is -2.40. The Morgan fingerprint density at radius 2 is 1.67 bits per heavy atom. The van der Waals surface area contributed by atoms with Gasteiger partial charge in [0.05, 0.1) is 11.3 Å². The highest BCUT2D eigenvalue weighted by molar-refractivity contribution is 6.36. The van der Waals surface area contributed by atoms with Crippen molar-refractivity contribution in [2.75, 3.05) is 25.5 Å². The molecule has 5 rings (SSSR count). The van der Waals surface area contributed by atoms with Gasteiger partial charge in [-0.15, -0.1) is 0 Å². The molecule has 1 amide bonds. The van der Waals surface area contributed by atoms with Gasteiger partial charge in [0.25, 0.3) is 5.91 Å². The molecule has 2 aliphatic rings. The number of amides is 1. The first-order valence-electron chi connectivity index (χ1n) is 11.4. The fourth-order valence-electron chi connectivity index (χ4n) is 4.60. The van der Waals surface area contributed by atoms with Gasteiger partial charge in [0.1, 0.15) is 0 Å². The summed E-state index contributed by atoms with van der Waals surface area (Å²) in [5.41, 5.74) is 5.55. The lowest BCUT2D eigenvalue weighted by atomic mass is 9.96. The maximum Gasteiger partial charge on any atom is 0.258 e. The van der Waals surface area contributed by atoms with Gasteiger partial charge in [-0.3, -0.25) is 9.59 Å². The van der Waals surface area contributed by atoms with Crippen molar-refractivity contribution in [2.24, 2.45) is 0 Å². The van der Waals surface area contributed by atoms with Crippen LogP contribution in [0.4, 0.5) is 5.69 Å². The minimum atomic E-state index is -0.143. The molecule has 0 radical (unpaired) electrons. The maximum absolute atomic E-state index is 13.2. The molecule has 6 heteroatoms. The number of rotatable bonds is 5. The number of hydrogen-bond acceptors (Lipinski definition) is 4. The average Bonchev–Trinajstić information content (AvgIpc) is 3.46. The quantitative estimate of drug-likeness (QED) is 0.461. The largest absolute Gasteiger partial charge is 0.381 e. The number of carbonyl (C=O) groups is 2. The summed E-state index contributed by atoms with van der Waals surface area (Å²) in [5, 5.41) is 6.69. The molecule has 0 saturated carbocycles. The van der Waals surface area contributed by atoms with E-state index in [1.165, 1.54) is 0 Å². The number of carbonyl (C=O) groups excluding carboxylic acids is 2. The topological polar surface area (TPSA) is 66.4 Å². The van der Waals surface area contributed by atoms with E-state index < -0.39 is 0 Å². The van der Waals surface area contributed by atoms with E-state index in [9.17, 15) is 9.59 Å². The number of benzene rings is 2. The molecule has 33 heavy (non-hydrogen) atoms. The third kappa shape index (κ3) is 4.22. The Morgan fingerprint density at radius 3 is 2.33 bits per heavy atom. The summed E-state index contributed by atoms with van der Waals surface area (Å²) < 4.78 is 2.05. The molecule has 6 nitrogen and oxygen atoms in total. The predicted octanol–water partition coefficient (Wildman–Crippen LogP) is 4.18. The molecular weight excluding hydrogens is 412 g/mol. The molecule has 1 aromatic heterocycles. The zero-order chi connectivity index (χ0) is 22.9. The molecule has 0 spiro atoms. The summed E-state index contributed by atoms with van der Waals surface area (Å²) in [6.07, 6.45) is 6.04. The van der Waals surface area contributed by atoms with Gasteiger partial charge in [-0.05, 0) is 87.9 Å². The Kier molecular flexibility index (Phi) is 5.60. The molecule has 2 N–H and O–H groups in total. The molecule has 0 unspecified atom stereocenters. The summed E-state index contributed by atoms with van der Waals surface area (Å²) in [6.45, 7) is 3.58. The molecule has 2 aromatic carbocycles. The van der Waals surface area contributed by atoms with Crippen LogP contribution < -0.4 is 10.6 Å². The van der Waals surface area contributed by atoms with Crippen LogP contribution in [0.2, 0.25) is 0 Å². The van der Waals surface area contributed by atoms with Gasteiger partial charge in [-0.2, -0.15) is 0 Å². The van der Waals surface area contributed by atoms with Crippen LogP contribution in [0.3, 0.4) is 0 Å². The molecule has 3 aromatic rings. The van der Waals surface area contributed by atoms with Crippen molar-refractivity contribution in [3.63, 3.8) is 0 Å². The van der Waals surface area contributed by atoms with Crippen LogP contribution in [0.25, 0.3) is 17.0 Å². The minimum Gasteiger partial charge on any atom is -0.381 e. The smallest absolute Gasteiger partial charge is 0.258 e. The standard InChI is InChI=1S/C27H28N4O2/c1-18(32)20-7-10-24-23(17-20)25(27(33)29-24)26(28-21-11-15-30(2)16-12-21)19-5-8-22(9-6-19)31-13-3-4-14-31/h3-10,13-14,17,21,28H,11-12,15-16H2,1-2H3,(H,29,33). The SMILES string of the molecule is CC(=O)c1ccc2c(c1)C(=C(NC1CCN(C)CC1)c1ccc(-n3cccc3)cc1)C(=O)N2. The molecule has 0 bridgehead atoms. The second kappa shape index (κ2) is 8.71. The molecule has 3 heterocycles. The normalized spacial score (nSPS) is 18.1. The molecule has 1 fully saturated rings. The van der Waals surface area contributed by atoms with Crippen LogP contribution in [-0.2, 0) is 4.79 Å². The van der Waals surface area contributed by atoms with Gasteiger partial charge in [0.15, 0.2) is 5.78 Å². The lowest BCUT2D eigenvalue weighted by Gasteiger charge is -2.31. The lowest BCUT2D eigenvalue weighted by molar-refractivity contribution is -0.110. The van der Waals surface area contributed by atoms with Crippen molar-refractivity contribution in [1.29, 1.82) is 0 Å². The highest BCUT2D eigenvalue weighted by Gasteiger charge is 2.30. The average molecular weight is 441 g/mol. The number of ketones is 1. The highest BCUT2D eigenvalue weighted by Crippen LogP contribution is 2.37. The number of aromatic nitrogens is 1. The summed E-state index contributed by atoms with van der Waals surface area (Å²) in [6, 6.07) is 17.9. The fourth-order valence-corrected chi connectivity index (χ4v) is 4.60. The van der Waals surface area contributed by atoms with Crippen molar-refractivity contribution < 1.29 is 9.59 Å². The molecule has 0 aliphatic carbocycles. The van der Waals surface area contributed by atoms with Gasteiger partial charge in [-0.1, -0.05) is 12.1 Å². The van der Waals surface area contributed by atoms with Crippen LogP contribution >= 0.6 is 0 Å². The molecule has 168 valence electrons. The number of likely N-dealkylation sites (tertiary alicyclic amines) is 1. The number of nitrogens with zero attached hydrogens (tertiary/aromatic N) is 2. The molecule has 1 saturated heterocycles. The predicted molar refractivity (Wildman–Crippen MR) is 131 cm³/mol. The second-order valence-electron chi connectivity index (χ2n) is 8.88. The van der Waals surface area contributed by atoms with E-state index >= 15 is 0 Å². The zero-order valence-electron chi connectivity index (χ0n) is 19.0. The van der Waals surface area contributed by atoms with E-state index in [1.54, 1.807) is 13.0 Å². The van der Waals surface area contributed by atoms with Gasteiger partial charge < -0.3 is 20.1 Å². The van der Waals surface area contributed by atoms with Crippen LogP contribution in [-0.4, -0.2) is 47.3 Å². The highest BCUT2D eigenvalue weighted by atomic mass is 16.2. The Labute approximate surface area is 193 Å². The summed E-state index contributed by atoms with van der Waals surface area (Å²) in [5.74, 6) is -0.159. The van der Waals surface area contributed by atoms with E-state index in [0.29, 0.717) is 11.1 Å². The van der Waals surface area contributed by atoms with E-state index in [-0.39, 0.29) is 17.7 Å². The van der Waals surface area contributed by atoms with Crippen LogP contribution in [0.1, 0.15) is 41.3 Å². The third-order valence-electron chi connectivity index (χ3n) is 6.55. The fraction of sp³-hybridized carbons (Fsp3) is 0.259. The van der Waals surface area contributed by atoms with Crippen molar-refractivity contribution >= 4 is 28.6 Å². The number of hydrogen-bond donors (Lipinski definition) is 2. The maximum atomic E-state index is 13.2. The van der Waals surface area contributed by atoms with E-state index in [4.69, 9.17) is 0 Å².